The molecule has 3 rings (SSSR count). The van der Waals surface area contributed by atoms with E-state index in [9.17, 15) is 9.90 Å². The van der Waals surface area contributed by atoms with Gasteiger partial charge in [0.05, 0.1) is 6.33 Å². The Morgan fingerprint density at radius 2 is 2.20 bits per heavy atom. The zero-order valence-electron chi connectivity index (χ0n) is 11.2. The summed E-state index contributed by atoms with van der Waals surface area (Å²) in [7, 11) is 0. The molecule has 8 nitrogen and oxygen atoms in total. The van der Waals surface area contributed by atoms with Crippen molar-refractivity contribution >= 4 is 16.9 Å². The summed E-state index contributed by atoms with van der Waals surface area (Å²) in [5, 5.41) is 17.2. The molecule has 0 spiro atoms. The van der Waals surface area contributed by atoms with Crippen molar-refractivity contribution in [2.75, 3.05) is 0 Å². The van der Waals surface area contributed by atoms with E-state index < -0.39 is 0 Å². The van der Waals surface area contributed by atoms with Crippen molar-refractivity contribution in [3.63, 3.8) is 0 Å². The van der Waals surface area contributed by atoms with Crippen LogP contribution in [0.1, 0.15) is 32.0 Å². The van der Waals surface area contributed by atoms with E-state index >= 15 is 0 Å². The van der Waals surface area contributed by atoms with E-state index in [1.807, 2.05) is 4.57 Å². The first-order valence-electron chi connectivity index (χ1n) is 6.68. The number of aryl methyl sites for hydroxylation is 1. The van der Waals surface area contributed by atoms with Gasteiger partial charge in [-0.2, -0.15) is 0 Å². The number of aromatic amines is 1. The van der Waals surface area contributed by atoms with E-state index in [0.29, 0.717) is 23.5 Å². The van der Waals surface area contributed by atoms with Crippen LogP contribution < -0.4 is 5.56 Å². The quantitative estimate of drug-likeness (QED) is 0.659. The summed E-state index contributed by atoms with van der Waals surface area (Å²) < 4.78 is 3.21. The number of aliphatic hydroxyl groups is 1. The van der Waals surface area contributed by atoms with E-state index in [1.165, 1.54) is 10.7 Å². The first kappa shape index (κ1) is 12.8. The second-order valence-electron chi connectivity index (χ2n) is 4.67. The minimum absolute atomic E-state index is 0.241. The van der Waals surface area contributed by atoms with Crippen LogP contribution in [0.2, 0.25) is 0 Å². The van der Waals surface area contributed by atoms with Gasteiger partial charge in [-0.25, -0.2) is 9.38 Å². The first-order valence-corrected chi connectivity index (χ1v) is 6.68. The SMILES string of the molecule is CCCCCn1c2nc[nH]c2c(=O)n2c(CO)nnc12. The van der Waals surface area contributed by atoms with Gasteiger partial charge in [-0.3, -0.25) is 9.36 Å². The van der Waals surface area contributed by atoms with Gasteiger partial charge in [-0.15, -0.1) is 10.2 Å². The predicted octanol–water partition coefficient (Wildman–Crippen LogP) is 0.450. The largest absolute Gasteiger partial charge is 0.388 e. The molecule has 0 bridgehead atoms. The summed E-state index contributed by atoms with van der Waals surface area (Å²) in [6, 6.07) is 0. The number of unbranched alkanes of at least 4 members (excludes halogenated alkanes) is 2. The molecule has 0 fully saturated rings. The van der Waals surface area contributed by atoms with Crippen LogP contribution in [0.3, 0.4) is 0 Å². The second-order valence-corrected chi connectivity index (χ2v) is 4.67. The number of hydrogen-bond acceptors (Lipinski definition) is 5. The average Bonchev–Trinajstić information content (AvgIpc) is 3.09. The van der Waals surface area contributed by atoms with Crippen molar-refractivity contribution in [1.29, 1.82) is 0 Å². The Morgan fingerprint density at radius 1 is 1.35 bits per heavy atom. The molecule has 0 aliphatic carbocycles. The van der Waals surface area contributed by atoms with Gasteiger partial charge < -0.3 is 10.1 Å². The highest BCUT2D eigenvalue weighted by molar-refractivity contribution is 5.72. The van der Waals surface area contributed by atoms with Crippen LogP contribution in [0, 0.1) is 0 Å². The number of aliphatic hydroxyl groups excluding tert-OH is 1. The molecule has 3 aromatic heterocycles. The molecular formula is C12H16N6O2. The number of hydrogen-bond donors (Lipinski definition) is 2. The third-order valence-corrected chi connectivity index (χ3v) is 3.37. The number of imidazole rings is 1. The van der Waals surface area contributed by atoms with Crippen molar-refractivity contribution in [3.8, 4) is 0 Å². The highest BCUT2D eigenvalue weighted by Gasteiger charge is 2.17. The first-order chi connectivity index (χ1) is 9.77. The summed E-state index contributed by atoms with van der Waals surface area (Å²) >= 11 is 0. The lowest BCUT2D eigenvalue weighted by Crippen LogP contribution is -2.21. The normalized spacial score (nSPS) is 11.7. The Hall–Kier alpha value is -2.22. The molecule has 20 heavy (non-hydrogen) atoms. The summed E-state index contributed by atoms with van der Waals surface area (Å²) in [6.07, 6.45) is 4.66. The standard InChI is InChI=1S/C12H16N6O2/c1-2-3-4-5-17-10-9(13-7-14-10)11(20)18-8(6-19)15-16-12(17)18/h7,19H,2-6H2,1H3,(H,13,14). The molecule has 8 heteroatoms. The molecule has 0 saturated heterocycles. The molecule has 0 amide bonds. The number of nitrogens with one attached hydrogen (secondary N) is 1. The molecule has 0 unspecified atom stereocenters. The fraction of sp³-hybridized carbons (Fsp3) is 0.500. The van der Waals surface area contributed by atoms with Gasteiger partial charge in [0, 0.05) is 6.54 Å². The van der Waals surface area contributed by atoms with Crippen molar-refractivity contribution in [3.05, 3.63) is 22.5 Å². The van der Waals surface area contributed by atoms with Crippen LogP contribution >= 0.6 is 0 Å². The zero-order chi connectivity index (χ0) is 14.1. The number of nitrogens with zero attached hydrogens (tertiary/aromatic N) is 5. The van der Waals surface area contributed by atoms with Crippen LogP contribution in [-0.2, 0) is 13.2 Å². The minimum Gasteiger partial charge on any atom is -0.388 e. The third-order valence-electron chi connectivity index (χ3n) is 3.37. The van der Waals surface area contributed by atoms with Crippen LogP contribution in [0.5, 0.6) is 0 Å². The van der Waals surface area contributed by atoms with Gasteiger partial charge in [0.2, 0.25) is 5.78 Å². The lowest BCUT2D eigenvalue weighted by atomic mass is 10.2. The van der Waals surface area contributed by atoms with Crippen molar-refractivity contribution < 1.29 is 5.11 Å². The third kappa shape index (κ3) is 1.80. The lowest BCUT2D eigenvalue weighted by molar-refractivity contribution is 0.269. The lowest BCUT2D eigenvalue weighted by Gasteiger charge is -2.08. The van der Waals surface area contributed by atoms with Crippen LogP contribution in [0.25, 0.3) is 16.9 Å². The maximum atomic E-state index is 12.4. The Bertz CT molecular complexity index is 799. The molecule has 0 saturated carbocycles. The van der Waals surface area contributed by atoms with E-state index in [4.69, 9.17) is 0 Å². The highest BCUT2D eigenvalue weighted by atomic mass is 16.3. The molecule has 0 aliphatic rings. The van der Waals surface area contributed by atoms with Gasteiger partial charge in [-0.05, 0) is 6.42 Å². The van der Waals surface area contributed by atoms with Crippen LogP contribution in [-0.4, -0.2) is 34.2 Å². The number of H-pyrrole nitrogens is 1. The highest BCUT2D eigenvalue weighted by Crippen LogP contribution is 2.12. The maximum Gasteiger partial charge on any atom is 0.286 e. The molecule has 2 N–H and O–H groups in total. The van der Waals surface area contributed by atoms with E-state index in [0.717, 1.165) is 19.3 Å². The maximum absolute atomic E-state index is 12.4. The van der Waals surface area contributed by atoms with Crippen molar-refractivity contribution in [2.24, 2.45) is 0 Å². The Labute approximate surface area is 114 Å². The Balaban J connectivity index is 2.28. The molecule has 0 atom stereocenters. The molecule has 0 radical (unpaired) electrons. The van der Waals surface area contributed by atoms with E-state index in [1.54, 1.807) is 0 Å². The fourth-order valence-electron chi connectivity index (χ4n) is 2.37. The van der Waals surface area contributed by atoms with Gasteiger partial charge in [0.15, 0.2) is 11.5 Å². The topological polar surface area (TPSA) is 101 Å². The smallest absolute Gasteiger partial charge is 0.286 e. The molecule has 0 aromatic carbocycles. The monoisotopic (exact) mass is 276 g/mol. The number of rotatable bonds is 5. The Kier molecular flexibility index (Phi) is 3.23. The summed E-state index contributed by atoms with van der Waals surface area (Å²) in [6.45, 7) is 2.51. The number of fused-ring (bicyclic) bond motifs is 2. The molecular weight excluding hydrogens is 260 g/mol. The van der Waals surface area contributed by atoms with E-state index in [-0.39, 0.29) is 18.0 Å². The molecule has 3 heterocycles. The summed E-state index contributed by atoms with van der Waals surface area (Å²) in [4.78, 5) is 19.4. The van der Waals surface area contributed by atoms with Crippen molar-refractivity contribution in [2.45, 2.75) is 39.3 Å². The second kappa shape index (κ2) is 5.04. The van der Waals surface area contributed by atoms with Gasteiger partial charge in [0.25, 0.3) is 5.56 Å². The summed E-state index contributed by atoms with van der Waals surface area (Å²) in [5.41, 5.74) is 0.701. The van der Waals surface area contributed by atoms with Gasteiger partial charge in [-0.1, -0.05) is 19.8 Å². The van der Waals surface area contributed by atoms with Crippen LogP contribution in [0.15, 0.2) is 11.1 Å². The zero-order valence-corrected chi connectivity index (χ0v) is 11.2. The fourth-order valence-corrected chi connectivity index (χ4v) is 2.37. The minimum atomic E-state index is -0.328. The molecule has 106 valence electrons. The summed E-state index contributed by atoms with van der Waals surface area (Å²) in [5.74, 6) is 0.667. The number of aromatic nitrogens is 6. The Morgan fingerprint density at radius 3 is 2.95 bits per heavy atom. The van der Waals surface area contributed by atoms with Crippen LogP contribution in [0.4, 0.5) is 0 Å². The van der Waals surface area contributed by atoms with Crippen molar-refractivity contribution in [1.82, 2.24) is 29.1 Å². The predicted molar refractivity (Wildman–Crippen MR) is 72.3 cm³/mol. The van der Waals surface area contributed by atoms with E-state index in [2.05, 4.69) is 27.1 Å². The molecule has 3 aromatic rings. The van der Waals surface area contributed by atoms with Gasteiger partial charge in [0.1, 0.15) is 12.1 Å². The van der Waals surface area contributed by atoms with Gasteiger partial charge >= 0.3 is 0 Å². The average molecular weight is 276 g/mol. The molecule has 0 aliphatic heterocycles.